The fraction of sp³-hybridized carbons (Fsp3) is 0.389. The Morgan fingerprint density at radius 3 is 2.80 bits per heavy atom. The number of hydrogen-bond donors (Lipinski definition) is 2. The van der Waals surface area contributed by atoms with Gasteiger partial charge in [-0.25, -0.2) is 4.98 Å². The van der Waals surface area contributed by atoms with Gasteiger partial charge in [0.05, 0.1) is 5.69 Å². The Morgan fingerprint density at radius 1 is 1.24 bits per heavy atom. The smallest absolute Gasteiger partial charge is 0.254 e. The van der Waals surface area contributed by atoms with Crippen LogP contribution >= 0.6 is 27.7 Å². The molecule has 1 heterocycles. The van der Waals surface area contributed by atoms with Crippen molar-refractivity contribution in [1.29, 1.82) is 0 Å². The van der Waals surface area contributed by atoms with Crippen LogP contribution in [0.1, 0.15) is 36.9 Å². The molecule has 25 heavy (non-hydrogen) atoms. The molecule has 1 amide bonds. The summed E-state index contributed by atoms with van der Waals surface area (Å²) in [6.45, 7) is 0. The summed E-state index contributed by atoms with van der Waals surface area (Å²) >= 11 is 4.87. The van der Waals surface area contributed by atoms with E-state index in [1.165, 1.54) is 11.8 Å². The van der Waals surface area contributed by atoms with Crippen molar-refractivity contribution in [3.63, 3.8) is 0 Å². The molecule has 0 atom stereocenters. The Balaban J connectivity index is 1.45. The molecule has 3 rings (SSSR count). The van der Waals surface area contributed by atoms with Gasteiger partial charge in [-0.3, -0.25) is 9.59 Å². The monoisotopic (exact) mass is 421 g/mol. The van der Waals surface area contributed by atoms with Crippen LogP contribution in [-0.4, -0.2) is 21.6 Å². The van der Waals surface area contributed by atoms with Gasteiger partial charge in [0.2, 0.25) is 5.91 Å². The minimum Gasteiger partial charge on any atom is -0.326 e. The average Bonchev–Trinajstić information content (AvgIpc) is 2.61. The first-order valence-corrected chi connectivity index (χ1v) is 10.2. The quantitative estimate of drug-likeness (QED) is 0.420. The van der Waals surface area contributed by atoms with Gasteiger partial charge in [-0.15, -0.1) is 0 Å². The second-order valence-corrected chi connectivity index (χ2v) is 8.01. The molecule has 2 N–H and O–H groups in total. The molecule has 0 unspecified atom stereocenters. The summed E-state index contributed by atoms with van der Waals surface area (Å²) in [6.07, 6.45) is 5.06. The molecule has 2 aromatic rings. The van der Waals surface area contributed by atoms with Gasteiger partial charge in [0.15, 0.2) is 5.16 Å². The highest BCUT2D eigenvalue weighted by Crippen LogP contribution is 2.20. The number of carbonyl (C=O) groups is 1. The minimum atomic E-state index is -0.00480. The molecule has 0 bridgehead atoms. The van der Waals surface area contributed by atoms with E-state index in [1.54, 1.807) is 0 Å². The van der Waals surface area contributed by atoms with Gasteiger partial charge in [-0.1, -0.05) is 27.7 Å². The van der Waals surface area contributed by atoms with Crippen molar-refractivity contribution in [3.8, 4) is 0 Å². The van der Waals surface area contributed by atoms with Crippen molar-refractivity contribution in [2.45, 2.75) is 43.7 Å². The van der Waals surface area contributed by atoms with Crippen molar-refractivity contribution in [1.82, 2.24) is 9.97 Å². The highest BCUT2D eigenvalue weighted by Gasteiger charge is 2.15. The van der Waals surface area contributed by atoms with E-state index in [4.69, 9.17) is 0 Å². The number of aromatic nitrogens is 2. The summed E-state index contributed by atoms with van der Waals surface area (Å²) in [7, 11) is 0. The minimum absolute atomic E-state index is 0.000168. The number of hydrogen-bond acceptors (Lipinski definition) is 4. The van der Waals surface area contributed by atoms with Crippen LogP contribution in [0, 0.1) is 0 Å². The summed E-state index contributed by atoms with van der Waals surface area (Å²) in [5, 5.41) is 3.54. The standard InChI is InChI=1S/C18H20BrN3O2S/c19-12-7-9-13(10-8-12)20-16(23)6-3-11-25-18-21-15-5-2-1-4-14(15)17(24)22-18/h7-10H,1-6,11H2,(H,20,23)(H,21,22,24). The van der Waals surface area contributed by atoms with E-state index in [-0.39, 0.29) is 11.5 Å². The fourth-order valence-electron chi connectivity index (χ4n) is 2.81. The van der Waals surface area contributed by atoms with Crippen LogP contribution in [0.4, 0.5) is 5.69 Å². The maximum absolute atomic E-state index is 12.1. The first kappa shape index (κ1) is 18.2. The second kappa shape index (κ2) is 8.67. The molecule has 0 saturated carbocycles. The first-order valence-electron chi connectivity index (χ1n) is 8.42. The maximum Gasteiger partial charge on any atom is 0.254 e. The summed E-state index contributed by atoms with van der Waals surface area (Å²) < 4.78 is 0.980. The number of thioether (sulfide) groups is 1. The van der Waals surface area contributed by atoms with Crippen LogP contribution in [0.2, 0.25) is 0 Å². The van der Waals surface area contributed by atoms with E-state index in [9.17, 15) is 9.59 Å². The number of nitrogens with zero attached hydrogens (tertiary/aromatic N) is 1. The molecule has 0 aliphatic heterocycles. The Bertz CT molecular complexity index is 805. The van der Waals surface area contributed by atoms with Crippen LogP contribution in [0.25, 0.3) is 0 Å². The van der Waals surface area contributed by atoms with Crippen LogP contribution in [-0.2, 0) is 17.6 Å². The third-order valence-corrected chi connectivity index (χ3v) is 5.57. The van der Waals surface area contributed by atoms with Crippen molar-refractivity contribution in [2.24, 2.45) is 0 Å². The van der Waals surface area contributed by atoms with Crippen molar-refractivity contribution in [3.05, 3.63) is 50.3 Å². The molecule has 0 saturated heterocycles. The van der Waals surface area contributed by atoms with Crippen molar-refractivity contribution < 1.29 is 4.79 Å². The lowest BCUT2D eigenvalue weighted by molar-refractivity contribution is -0.116. The number of halogens is 1. The lowest BCUT2D eigenvalue weighted by Crippen LogP contribution is -2.21. The van der Waals surface area contributed by atoms with Gasteiger partial charge in [0.1, 0.15) is 0 Å². The molecule has 1 aliphatic rings. The highest BCUT2D eigenvalue weighted by atomic mass is 79.9. The van der Waals surface area contributed by atoms with E-state index >= 15 is 0 Å². The maximum atomic E-state index is 12.1. The third kappa shape index (κ3) is 5.19. The fourth-order valence-corrected chi connectivity index (χ4v) is 3.89. The number of aryl methyl sites for hydroxylation is 1. The van der Waals surface area contributed by atoms with Crippen LogP contribution in [0.15, 0.2) is 38.7 Å². The molecule has 1 aromatic carbocycles. The number of benzene rings is 1. The number of H-pyrrole nitrogens is 1. The summed E-state index contributed by atoms with van der Waals surface area (Å²) in [5.74, 6) is 0.741. The Labute approximate surface area is 159 Å². The molecule has 7 heteroatoms. The molecule has 1 aromatic heterocycles. The van der Waals surface area contributed by atoms with E-state index in [0.29, 0.717) is 11.6 Å². The molecular formula is C18H20BrN3O2S. The lowest BCUT2D eigenvalue weighted by Gasteiger charge is -2.14. The third-order valence-electron chi connectivity index (χ3n) is 4.08. The number of carbonyl (C=O) groups excluding carboxylic acids is 1. The summed E-state index contributed by atoms with van der Waals surface area (Å²) in [4.78, 5) is 31.5. The topological polar surface area (TPSA) is 74.8 Å². The number of rotatable bonds is 6. The largest absolute Gasteiger partial charge is 0.326 e. The van der Waals surface area contributed by atoms with Gasteiger partial charge in [0, 0.05) is 27.9 Å². The van der Waals surface area contributed by atoms with Crippen molar-refractivity contribution >= 4 is 39.3 Å². The molecule has 1 aliphatic carbocycles. The molecule has 0 fully saturated rings. The van der Waals surface area contributed by atoms with E-state index in [0.717, 1.165) is 59.3 Å². The summed E-state index contributed by atoms with van der Waals surface area (Å²) in [6, 6.07) is 7.50. The number of anilines is 1. The Kier molecular flexibility index (Phi) is 6.31. The normalized spacial score (nSPS) is 13.3. The van der Waals surface area contributed by atoms with E-state index in [2.05, 4.69) is 31.2 Å². The molecule has 5 nitrogen and oxygen atoms in total. The SMILES string of the molecule is O=C(CCCSc1nc2c(c(=O)[nH]1)CCCC2)Nc1ccc(Br)cc1. The van der Waals surface area contributed by atoms with Gasteiger partial charge in [-0.05, 0) is 56.4 Å². The van der Waals surface area contributed by atoms with Gasteiger partial charge < -0.3 is 10.3 Å². The number of aromatic amines is 1. The Hall–Kier alpha value is -1.60. The molecule has 0 radical (unpaired) electrons. The number of amides is 1. The highest BCUT2D eigenvalue weighted by molar-refractivity contribution is 9.10. The molecule has 0 spiro atoms. The van der Waals surface area contributed by atoms with Gasteiger partial charge >= 0.3 is 0 Å². The predicted octanol–water partition coefficient (Wildman–Crippen LogP) is 3.92. The zero-order valence-electron chi connectivity index (χ0n) is 13.8. The van der Waals surface area contributed by atoms with Crippen molar-refractivity contribution in [2.75, 3.05) is 11.1 Å². The number of fused-ring (bicyclic) bond motifs is 1. The first-order chi connectivity index (χ1) is 12.1. The molecular weight excluding hydrogens is 402 g/mol. The van der Waals surface area contributed by atoms with E-state index < -0.39 is 0 Å². The second-order valence-electron chi connectivity index (χ2n) is 6.01. The van der Waals surface area contributed by atoms with Crippen LogP contribution in [0.3, 0.4) is 0 Å². The van der Waals surface area contributed by atoms with E-state index in [1.807, 2.05) is 24.3 Å². The average molecular weight is 422 g/mol. The van der Waals surface area contributed by atoms with Crippen LogP contribution in [0.5, 0.6) is 0 Å². The summed E-state index contributed by atoms with van der Waals surface area (Å²) in [5.41, 5.74) is 2.59. The van der Waals surface area contributed by atoms with Gasteiger partial charge in [0.25, 0.3) is 5.56 Å². The Morgan fingerprint density at radius 2 is 2.00 bits per heavy atom. The zero-order valence-corrected chi connectivity index (χ0v) is 16.2. The zero-order chi connectivity index (χ0) is 17.6. The van der Waals surface area contributed by atoms with Crippen LogP contribution < -0.4 is 10.9 Å². The molecule has 132 valence electrons. The van der Waals surface area contributed by atoms with Gasteiger partial charge in [-0.2, -0.15) is 0 Å². The number of nitrogens with one attached hydrogen (secondary N) is 2. The lowest BCUT2D eigenvalue weighted by atomic mass is 9.97. The predicted molar refractivity (Wildman–Crippen MR) is 104 cm³/mol.